The highest BCUT2D eigenvalue weighted by Gasteiger charge is 2.29. The molecule has 2 heterocycles. The van der Waals surface area contributed by atoms with Gasteiger partial charge in [-0.2, -0.15) is 5.10 Å². The van der Waals surface area contributed by atoms with Crippen LogP contribution in [0.25, 0.3) is 0 Å². The number of nitrogens with zero attached hydrogens (tertiary/aromatic N) is 3. The topological polar surface area (TPSA) is 50.5 Å². The second kappa shape index (κ2) is 6.56. The number of ether oxygens (including phenoxy) is 1. The Morgan fingerprint density at radius 3 is 2.75 bits per heavy atom. The van der Waals surface area contributed by atoms with Crippen LogP contribution < -0.4 is 0 Å². The summed E-state index contributed by atoms with van der Waals surface area (Å²) in [4.78, 5) is 2.35. The van der Waals surface area contributed by atoms with Gasteiger partial charge in [0, 0.05) is 32.6 Å². The zero-order chi connectivity index (χ0) is 14.9. The first-order valence-corrected chi connectivity index (χ1v) is 7.91. The van der Waals surface area contributed by atoms with E-state index in [9.17, 15) is 5.11 Å². The second-order valence-electron chi connectivity index (χ2n) is 5.74. The fourth-order valence-electron chi connectivity index (χ4n) is 2.63. The minimum Gasteiger partial charge on any atom is -0.390 e. The molecule has 1 aromatic heterocycles. The van der Waals surface area contributed by atoms with Crippen molar-refractivity contribution in [2.24, 2.45) is 7.05 Å². The average molecular weight is 346 g/mol. The number of morpholine rings is 1. The number of hydrogen-bond donors (Lipinski definition) is 1. The molecule has 2 rings (SSSR count). The van der Waals surface area contributed by atoms with Crippen molar-refractivity contribution < 1.29 is 9.84 Å². The van der Waals surface area contributed by atoms with Crippen molar-refractivity contribution in [3.63, 3.8) is 0 Å². The number of aromatic nitrogens is 2. The highest BCUT2D eigenvalue weighted by molar-refractivity contribution is 9.10. The Kier molecular flexibility index (Phi) is 5.23. The molecule has 1 aliphatic heterocycles. The SMILES string of the molecule is Cc1nn(C)c(CC(O)C2CN(C(C)C)CCO2)c1Br. The zero-order valence-corrected chi connectivity index (χ0v) is 14.2. The van der Waals surface area contributed by atoms with Crippen LogP contribution in [0.2, 0.25) is 0 Å². The molecule has 0 amide bonds. The third-order valence-corrected chi connectivity index (χ3v) is 4.98. The van der Waals surface area contributed by atoms with E-state index in [4.69, 9.17) is 4.74 Å². The smallest absolute Gasteiger partial charge is 0.0964 e. The van der Waals surface area contributed by atoms with Gasteiger partial charge in [0.25, 0.3) is 0 Å². The van der Waals surface area contributed by atoms with E-state index in [0.29, 0.717) is 19.1 Å². The Bertz CT molecular complexity index is 462. The highest BCUT2D eigenvalue weighted by Crippen LogP contribution is 2.23. The number of aliphatic hydroxyl groups excluding tert-OH is 1. The summed E-state index contributed by atoms with van der Waals surface area (Å²) in [5, 5.41) is 14.8. The van der Waals surface area contributed by atoms with Gasteiger partial charge in [-0.3, -0.25) is 9.58 Å². The molecule has 5 nitrogen and oxygen atoms in total. The molecule has 114 valence electrons. The molecule has 0 radical (unpaired) electrons. The van der Waals surface area contributed by atoms with E-state index >= 15 is 0 Å². The number of aliphatic hydroxyl groups is 1. The summed E-state index contributed by atoms with van der Waals surface area (Å²) < 4.78 is 8.55. The van der Waals surface area contributed by atoms with E-state index in [1.54, 1.807) is 0 Å². The summed E-state index contributed by atoms with van der Waals surface area (Å²) in [6.45, 7) is 8.72. The molecule has 0 saturated carbocycles. The first-order chi connectivity index (χ1) is 9.40. The molecule has 20 heavy (non-hydrogen) atoms. The van der Waals surface area contributed by atoms with E-state index < -0.39 is 6.10 Å². The molecule has 1 aromatic rings. The van der Waals surface area contributed by atoms with E-state index in [1.165, 1.54) is 0 Å². The molecular formula is C14H24BrN3O2. The normalized spacial score (nSPS) is 22.4. The van der Waals surface area contributed by atoms with Gasteiger partial charge in [-0.15, -0.1) is 0 Å². The van der Waals surface area contributed by atoms with Crippen LogP contribution in [0.15, 0.2) is 4.47 Å². The standard InChI is InChI=1S/C14H24BrN3O2/c1-9(2)18-5-6-20-13(8-18)12(19)7-11-14(15)10(3)16-17(11)4/h9,12-13,19H,5-8H2,1-4H3. The third kappa shape index (κ3) is 3.42. The Labute approximate surface area is 129 Å². The predicted molar refractivity (Wildman–Crippen MR) is 81.8 cm³/mol. The minimum absolute atomic E-state index is 0.131. The van der Waals surface area contributed by atoms with E-state index in [1.807, 2.05) is 18.7 Å². The maximum absolute atomic E-state index is 10.5. The lowest BCUT2D eigenvalue weighted by atomic mass is 10.1. The van der Waals surface area contributed by atoms with Gasteiger partial charge in [0.15, 0.2) is 0 Å². The average Bonchev–Trinajstić information content (AvgIpc) is 2.65. The molecule has 0 spiro atoms. The second-order valence-corrected chi connectivity index (χ2v) is 6.53. The zero-order valence-electron chi connectivity index (χ0n) is 12.6. The van der Waals surface area contributed by atoms with Crippen LogP contribution in [-0.4, -0.2) is 57.7 Å². The monoisotopic (exact) mass is 345 g/mol. The molecule has 0 aromatic carbocycles. The third-order valence-electron chi connectivity index (χ3n) is 3.95. The van der Waals surface area contributed by atoms with Gasteiger partial charge >= 0.3 is 0 Å². The largest absolute Gasteiger partial charge is 0.390 e. The minimum atomic E-state index is -0.511. The molecule has 1 saturated heterocycles. The van der Waals surface area contributed by atoms with Gasteiger partial charge in [-0.05, 0) is 36.7 Å². The summed E-state index contributed by atoms with van der Waals surface area (Å²) in [5.74, 6) is 0. The number of hydrogen-bond acceptors (Lipinski definition) is 4. The quantitative estimate of drug-likeness (QED) is 0.898. The molecule has 6 heteroatoms. The summed E-state index contributed by atoms with van der Waals surface area (Å²) in [7, 11) is 1.90. The molecule has 1 fully saturated rings. The van der Waals surface area contributed by atoms with Crippen LogP contribution in [0.3, 0.4) is 0 Å². The van der Waals surface area contributed by atoms with Gasteiger partial charge in [0.2, 0.25) is 0 Å². The first-order valence-electron chi connectivity index (χ1n) is 7.11. The Morgan fingerprint density at radius 2 is 2.20 bits per heavy atom. The van der Waals surface area contributed by atoms with Crippen LogP contribution in [0.4, 0.5) is 0 Å². The molecule has 0 bridgehead atoms. The molecule has 1 aliphatic rings. The van der Waals surface area contributed by atoms with Crippen LogP contribution in [0, 0.1) is 6.92 Å². The van der Waals surface area contributed by atoms with Gasteiger partial charge in [-0.25, -0.2) is 0 Å². The van der Waals surface area contributed by atoms with E-state index in [2.05, 4.69) is 39.8 Å². The van der Waals surface area contributed by atoms with Crippen LogP contribution in [-0.2, 0) is 18.2 Å². The van der Waals surface area contributed by atoms with E-state index in [-0.39, 0.29) is 6.10 Å². The van der Waals surface area contributed by atoms with Crippen LogP contribution in [0.1, 0.15) is 25.2 Å². The fourth-order valence-corrected chi connectivity index (χ4v) is 3.13. The van der Waals surface area contributed by atoms with Crippen molar-refractivity contribution >= 4 is 15.9 Å². The molecule has 1 N–H and O–H groups in total. The Morgan fingerprint density at radius 1 is 1.50 bits per heavy atom. The van der Waals surface area contributed by atoms with Crippen molar-refractivity contribution in [3.8, 4) is 0 Å². The van der Waals surface area contributed by atoms with Crippen LogP contribution in [0.5, 0.6) is 0 Å². The summed E-state index contributed by atoms with van der Waals surface area (Å²) in [6.07, 6.45) is -0.0926. The Hall–Kier alpha value is -0.430. The number of halogens is 1. The Balaban J connectivity index is 2.02. The fraction of sp³-hybridized carbons (Fsp3) is 0.786. The van der Waals surface area contributed by atoms with E-state index in [0.717, 1.165) is 29.0 Å². The lowest BCUT2D eigenvalue weighted by Crippen LogP contribution is -2.50. The van der Waals surface area contributed by atoms with Gasteiger partial charge in [-0.1, -0.05) is 0 Å². The van der Waals surface area contributed by atoms with Crippen molar-refractivity contribution in [2.45, 2.75) is 45.4 Å². The van der Waals surface area contributed by atoms with Crippen LogP contribution >= 0.6 is 15.9 Å². The van der Waals surface area contributed by atoms with Crippen molar-refractivity contribution in [1.29, 1.82) is 0 Å². The van der Waals surface area contributed by atoms with Gasteiger partial charge in [0.05, 0.1) is 34.7 Å². The summed E-state index contributed by atoms with van der Waals surface area (Å²) in [5.41, 5.74) is 1.96. The van der Waals surface area contributed by atoms with Crippen molar-refractivity contribution in [2.75, 3.05) is 19.7 Å². The molecule has 2 atom stereocenters. The van der Waals surface area contributed by atoms with Crippen molar-refractivity contribution in [3.05, 3.63) is 15.9 Å². The maximum atomic E-state index is 10.5. The van der Waals surface area contributed by atoms with Crippen molar-refractivity contribution in [1.82, 2.24) is 14.7 Å². The predicted octanol–water partition coefficient (Wildman–Crippen LogP) is 1.50. The molecular weight excluding hydrogens is 322 g/mol. The lowest BCUT2D eigenvalue weighted by Gasteiger charge is -2.37. The van der Waals surface area contributed by atoms with Gasteiger partial charge in [0.1, 0.15) is 0 Å². The highest BCUT2D eigenvalue weighted by atomic mass is 79.9. The maximum Gasteiger partial charge on any atom is 0.0964 e. The first kappa shape index (κ1) is 15.9. The molecule has 2 unspecified atom stereocenters. The number of aryl methyl sites for hydroxylation is 2. The summed E-state index contributed by atoms with van der Waals surface area (Å²) in [6, 6.07) is 0.485. The molecule has 0 aliphatic carbocycles. The number of rotatable bonds is 4. The summed E-state index contributed by atoms with van der Waals surface area (Å²) >= 11 is 3.54. The van der Waals surface area contributed by atoms with Gasteiger partial charge < -0.3 is 9.84 Å². The lowest BCUT2D eigenvalue weighted by molar-refractivity contribution is -0.0944.